The summed E-state index contributed by atoms with van der Waals surface area (Å²) in [6.07, 6.45) is 5.70. The largest absolute Gasteiger partial charge is 0.300 e. The van der Waals surface area contributed by atoms with E-state index in [4.69, 9.17) is 0 Å². The second-order valence-corrected chi connectivity index (χ2v) is 2.50. The summed E-state index contributed by atoms with van der Waals surface area (Å²) in [7, 11) is 2.16. The van der Waals surface area contributed by atoms with E-state index in [0.29, 0.717) is 0 Å². The van der Waals surface area contributed by atoms with Crippen molar-refractivity contribution < 1.29 is 0 Å². The second-order valence-electron chi connectivity index (χ2n) is 2.50. The number of hydrogen-bond donors (Lipinski definition) is 0. The van der Waals surface area contributed by atoms with Gasteiger partial charge in [0, 0.05) is 12.6 Å². The van der Waals surface area contributed by atoms with Crippen LogP contribution in [0.1, 0.15) is 13.3 Å². The maximum absolute atomic E-state index is 2.35. The van der Waals surface area contributed by atoms with Gasteiger partial charge in [0.1, 0.15) is 0 Å². The molecule has 1 heteroatoms. The van der Waals surface area contributed by atoms with Gasteiger partial charge in [0.2, 0.25) is 0 Å². The quantitative estimate of drug-likeness (QED) is 0.425. The highest BCUT2D eigenvalue weighted by Gasteiger charge is 2.07. The third-order valence-corrected chi connectivity index (χ3v) is 1.79. The first-order valence-electron chi connectivity index (χ1n) is 3.16. The molecular weight excluding hydrogens is 98.1 g/mol. The second kappa shape index (κ2) is 2.31. The van der Waals surface area contributed by atoms with Crippen molar-refractivity contribution in [1.29, 1.82) is 0 Å². The molecule has 0 amide bonds. The minimum atomic E-state index is 0.750. The van der Waals surface area contributed by atoms with Crippen LogP contribution in [0.4, 0.5) is 0 Å². The fourth-order valence-corrected chi connectivity index (χ4v) is 0.894. The van der Waals surface area contributed by atoms with Gasteiger partial charge in [-0.25, -0.2) is 0 Å². The molecule has 0 radical (unpaired) electrons. The molecule has 0 bridgehead atoms. The molecule has 0 N–H and O–H groups in total. The van der Waals surface area contributed by atoms with E-state index in [0.717, 1.165) is 12.6 Å². The summed E-state index contributed by atoms with van der Waals surface area (Å²) in [5, 5.41) is 0. The van der Waals surface area contributed by atoms with Gasteiger partial charge in [0.25, 0.3) is 0 Å². The Morgan fingerprint density at radius 3 is 2.62 bits per heavy atom. The van der Waals surface area contributed by atoms with Gasteiger partial charge in [-0.3, -0.25) is 4.90 Å². The summed E-state index contributed by atoms with van der Waals surface area (Å²) in [5.41, 5.74) is 0. The van der Waals surface area contributed by atoms with Gasteiger partial charge in [-0.15, -0.1) is 0 Å². The maximum atomic E-state index is 2.35. The van der Waals surface area contributed by atoms with Gasteiger partial charge in [-0.1, -0.05) is 12.2 Å². The monoisotopic (exact) mass is 111 g/mol. The lowest BCUT2D eigenvalue weighted by molar-refractivity contribution is 0.275. The van der Waals surface area contributed by atoms with Crippen LogP contribution in [0.3, 0.4) is 0 Å². The molecule has 1 nitrogen and oxygen atoms in total. The summed E-state index contributed by atoms with van der Waals surface area (Å²) in [5.74, 6) is 0. The average molecular weight is 111 g/mol. The van der Waals surface area contributed by atoms with Crippen LogP contribution in [0.15, 0.2) is 12.2 Å². The Morgan fingerprint density at radius 1 is 1.50 bits per heavy atom. The first kappa shape index (κ1) is 5.83. The van der Waals surface area contributed by atoms with Crippen LogP contribution in [0.2, 0.25) is 0 Å². The van der Waals surface area contributed by atoms with E-state index in [1.165, 1.54) is 6.42 Å². The highest BCUT2D eigenvalue weighted by Crippen LogP contribution is 2.06. The zero-order valence-electron chi connectivity index (χ0n) is 5.59. The highest BCUT2D eigenvalue weighted by molar-refractivity contribution is 4.93. The lowest BCUT2D eigenvalue weighted by Crippen LogP contribution is -2.30. The first-order chi connectivity index (χ1) is 3.80. The van der Waals surface area contributed by atoms with Crippen LogP contribution in [0.25, 0.3) is 0 Å². The third-order valence-electron chi connectivity index (χ3n) is 1.79. The first-order valence-corrected chi connectivity index (χ1v) is 3.16. The molecule has 1 aliphatic rings. The van der Waals surface area contributed by atoms with Crippen molar-refractivity contribution in [2.24, 2.45) is 0 Å². The molecule has 1 heterocycles. The van der Waals surface area contributed by atoms with Crippen molar-refractivity contribution in [3.63, 3.8) is 0 Å². The fraction of sp³-hybridized carbons (Fsp3) is 0.714. The van der Waals surface area contributed by atoms with E-state index < -0.39 is 0 Å². The van der Waals surface area contributed by atoms with Crippen molar-refractivity contribution in [1.82, 2.24) is 4.90 Å². The Labute approximate surface area is 51.0 Å². The Kier molecular flexibility index (Phi) is 1.69. The molecule has 1 atom stereocenters. The highest BCUT2D eigenvalue weighted by atomic mass is 15.1. The van der Waals surface area contributed by atoms with Crippen LogP contribution in [0.5, 0.6) is 0 Å². The van der Waals surface area contributed by atoms with Gasteiger partial charge in [0.15, 0.2) is 0 Å². The number of hydrogen-bond acceptors (Lipinski definition) is 1. The fourth-order valence-electron chi connectivity index (χ4n) is 0.894. The standard InChI is InChI=1S/C7H13N/c1-7-5-3-4-6-8(7)2/h3-4,7H,5-6H2,1-2H3/t7-/m1/s1. The normalized spacial score (nSPS) is 31.0. The number of likely N-dealkylation sites (N-methyl/N-ethyl adjacent to an activating group) is 1. The molecule has 8 heavy (non-hydrogen) atoms. The van der Waals surface area contributed by atoms with Gasteiger partial charge < -0.3 is 0 Å². The molecular formula is C7H13N. The third kappa shape index (κ3) is 1.10. The summed E-state index contributed by atoms with van der Waals surface area (Å²) in [6, 6.07) is 0.750. The van der Waals surface area contributed by atoms with Crippen molar-refractivity contribution in [2.45, 2.75) is 19.4 Å². The van der Waals surface area contributed by atoms with Crippen molar-refractivity contribution in [2.75, 3.05) is 13.6 Å². The molecule has 0 spiro atoms. The molecule has 0 aliphatic carbocycles. The van der Waals surface area contributed by atoms with Crippen LogP contribution in [-0.2, 0) is 0 Å². The molecule has 1 rings (SSSR count). The van der Waals surface area contributed by atoms with Crippen molar-refractivity contribution >= 4 is 0 Å². The number of rotatable bonds is 0. The smallest absolute Gasteiger partial charge is 0.0163 e. The van der Waals surface area contributed by atoms with Crippen LogP contribution < -0.4 is 0 Å². The van der Waals surface area contributed by atoms with Crippen LogP contribution >= 0.6 is 0 Å². The minimum absolute atomic E-state index is 0.750. The minimum Gasteiger partial charge on any atom is -0.300 e. The molecule has 1 aliphatic heterocycles. The predicted octanol–water partition coefficient (Wildman–Crippen LogP) is 1.27. The molecule has 0 saturated heterocycles. The Bertz CT molecular complexity index is 84.6. The molecule has 46 valence electrons. The van der Waals surface area contributed by atoms with Gasteiger partial charge in [-0.05, 0) is 20.4 Å². The Morgan fingerprint density at radius 2 is 2.25 bits per heavy atom. The average Bonchev–Trinajstić information content (AvgIpc) is 1.77. The molecule has 0 unspecified atom stereocenters. The van der Waals surface area contributed by atoms with Gasteiger partial charge in [-0.2, -0.15) is 0 Å². The van der Waals surface area contributed by atoms with E-state index in [1.807, 2.05) is 0 Å². The van der Waals surface area contributed by atoms with Crippen molar-refractivity contribution in [3.8, 4) is 0 Å². The molecule has 0 aromatic carbocycles. The molecule has 0 fully saturated rings. The molecule has 0 saturated carbocycles. The SMILES string of the molecule is C[C@@H]1CC=CCN1C. The summed E-state index contributed by atoms with van der Waals surface area (Å²) in [6.45, 7) is 3.38. The van der Waals surface area contributed by atoms with E-state index >= 15 is 0 Å². The summed E-state index contributed by atoms with van der Waals surface area (Å²) in [4.78, 5) is 2.35. The summed E-state index contributed by atoms with van der Waals surface area (Å²) < 4.78 is 0. The Hall–Kier alpha value is -0.300. The van der Waals surface area contributed by atoms with Crippen LogP contribution in [0, 0.1) is 0 Å². The van der Waals surface area contributed by atoms with Crippen molar-refractivity contribution in [3.05, 3.63) is 12.2 Å². The van der Waals surface area contributed by atoms with Gasteiger partial charge >= 0.3 is 0 Å². The zero-order valence-corrected chi connectivity index (χ0v) is 5.59. The maximum Gasteiger partial charge on any atom is 0.0163 e. The Balaban J connectivity index is 2.44. The van der Waals surface area contributed by atoms with E-state index in [9.17, 15) is 0 Å². The van der Waals surface area contributed by atoms with E-state index in [1.54, 1.807) is 0 Å². The van der Waals surface area contributed by atoms with Crippen LogP contribution in [-0.4, -0.2) is 24.5 Å². The molecule has 0 aromatic heterocycles. The number of nitrogens with zero attached hydrogens (tertiary/aromatic N) is 1. The molecule has 0 aromatic rings. The predicted molar refractivity (Wildman–Crippen MR) is 35.8 cm³/mol. The topological polar surface area (TPSA) is 3.24 Å². The lowest BCUT2D eigenvalue weighted by atomic mass is 10.1. The van der Waals surface area contributed by atoms with E-state index in [2.05, 4.69) is 31.0 Å². The zero-order chi connectivity index (χ0) is 5.98. The lowest BCUT2D eigenvalue weighted by Gasteiger charge is -2.25. The van der Waals surface area contributed by atoms with Gasteiger partial charge in [0.05, 0.1) is 0 Å². The van der Waals surface area contributed by atoms with E-state index in [-0.39, 0.29) is 0 Å². The summed E-state index contributed by atoms with van der Waals surface area (Å²) >= 11 is 0.